The van der Waals surface area contributed by atoms with Crippen LogP contribution in [0.5, 0.6) is 11.5 Å². The number of hydrogen-bond acceptors (Lipinski definition) is 5. The smallest absolute Gasteiger partial charge is 0.192 e. The molecule has 2 fully saturated rings. The Bertz CT molecular complexity index is 1110. The van der Waals surface area contributed by atoms with E-state index >= 15 is 0 Å². The van der Waals surface area contributed by atoms with Gasteiger partial charge in [-0.25, -0.2) is 8.42 Å². The maximum atomic E-state index is 13.9. The first-order valence-corrected chi connectivity index (χ1v) is 11.2. The second-order valence-corrected chi connectivity index (χ2v) is 10.4. The van der Waals surface area contributed by atoms with Crippen molar-refractivity contribution in [2.24, 2.45) is 0 Å². The van der Waals surface area contributed by atoms with Crippen LogP contribution in [0.25, 0.3) is 0 Å². The summed E-state index contributed by atoms with van der Waals surface area (Å²) in [7, 11) is -0.745. The van der Waals surface area contributed by atoms with Gasteiger partial charge in [-0.05, 0) is 62.4 Å². The number of carbonyl (C=O) groups is 1. The largest absolute Gasteiger partial charge is 0.493 e. The summed E-state index contributed by atoms with van der Waals surface area (Å²) in [5, 5.41) is 0. The van der Waals surface area contributed by atoms with Crippen LogP contribution in [-0.2, 0) is 20.0 Å². The number of carbonyl (C=O) groups excluding carboxylic acids is 1. The summed E-state index contributed by atoms with van der Waals surface area (Å²) in [6.45, 7) is 5.56. The normalized spacial score (nSPS) is 25.6. The van der Waals surface area contributed by atoms with Gasteiger partial charge in [0.2, 0.25) is 0 Å². The van der Waals surface area contributed by atoms with Crippen molar-refractivity contribution in [1.29, 1.82) is 0 Å². The van der Waals surface area contributed by atoms with E-state index in [9.17, 15) is 13.2 Å². The Hall–Kier alpha value is -2.34. The number of benzene rings is 2. The van der Waals surface area contributed by atoms with Crippen LogP contribution in [0.3, 0.4) is 0 Å². The second kappa shape index (κ2) is 6.33. The standard InChI is InChI=1S/C23H26O5S/c1-14-10-15(2)21(16(3)11-14)29(25,26)23-13-22(23,9-8-20(23)24)17-6-7-18(27-4)19(12-17)28-5/h6-7,10-12H,8-9,13H2,1-5H3/t22-,23+/m1/s1. The molecule has 0 spiro atoms. The molecule has 0 aliphatic heterocycles. The fraction of sp³-hybridized carbons (Fsp3) is 0.435. The molecule has 5 nitrogen and oxygen atoms in total. The number of sulfone groups is 1. The lowest BCUT2D eigenvalue weighted by Crippen LogP contribution is -2.36. The minimum Gasteiger partial charge on any atom is -0.493 e. The molecule has 4 rings (SSSR count). The van der Waals surface area contributed by atoms with Crippen molar-refractivity contribution in [1.82, 2.24) is 0 Å². The van der Waals surface area contributed by atoms with Crippen molar-refractivity contribution in [3.05, 3.63) is 52.6 Å². The van der Waals surface area contributed by atoms with Crippen LogP contribution in [0.15, 0.2) is 35.2 Å². The lowest BCUT2D eigenvalue weighted by Gasteiger charge is -2.22. The number of rotatable bonds is 5. The predicted molar refractivity (Wildman–Crippen MR) is 111 cm³/mol. The van der Waals surface area contributed by atoms with Crippen LogP contribution >= 0.6 is 0 Å². The molecule has 6 heteroatoms. The van der Waals surface area contributed by atoms with E-state index < -0.39 is 20.0 Å². The molecule has 0 heterocycles. The van der Waals surface area contributed by atoms with Crippen molar-refractivity contribution < 1.29 is 22.7 Å². The van der Waals surface area contributed by atoms with Crippen LogP contribution in [-0.4, -0.2) is 33.2 Å². The monoisotopic (exact) mass is 414 g/mol. The number of ether oxygens (including phenoxy) is 2. The Morgan fingerprint density at radius 2 is 1.55 bits per heavy atom. The minimum atomic E-state index is -3.85. The Balaban J connectivity index is 1.89. The van der Waals surface area contributed by atoms with Gasteiger partial charge in [-0.15, -0.1) is 0 Å². The summed E-state index contributed by atoms with van der Waals surface area (Å²) in [4.78, 5) is 13.4. The van der Waals surface area contributed by atoms with E-state index in [-0.39, 0.29) is 12.2 Å². The highest BCUT2D eigenvalue weighted by Crippen LogP contribution is 2.71. The minimum absolute atomic E-state index is 0.174. The molecule has 0 bridgehead atoms. The molecule has 29 heavy (non-hydrogen) atoms. The Morgan fingerprint density at radius 3 is 2.14 bits per heavy atom. The zero-order valence-electron chi connectivity index (χ0n) is 17.5. The van der Waals surface area contributed by atoms with Gasteiger partial charge in [0.15, 0.2) is 27.1 Å². The zero-order chi connectivity index (χ0) is 21.2. The van der Waals surface area contributed by atoms with Crippen LogP contribution in [0.1, 0.15) is 41.5 Å². The third-order valence-electron chi connectivity index (χ3n) is 6.70. The topological polar surface area (TPSA) is 69.7 Å². The first kappa shape index (κ1) is 20.0. The second-order valence-electron chi connectivity index (χ2n) is 8.31. The fourth-order valence-electron chi connectivity index (χ4n) is 5.45. The highest BCUT2D eigenvalue weighted by atomic mass is 32.2. The Morgan fingerprint density at radius 1 is 0.931 bits per heavy atom. The van der Waals surface area contributed by atoms with Gasteiger partial charge in [0.05, 0.1) is 19.1 Å². The lowest BCUT2D eigenvalue weighted by molar-refractivity contribution is -0.118. The quantitative estimate of drug-likeness (QED) is 0.743. The van der Waals surface area contributed by atoms with Gasteiger partial charge in [-0.1, -0.05) is 23.8 Å². The van der Waals surface area contributed by atoms with Gasteiger partial charge in [-0.3, -0.25) is 4.79 Å². The molecule has 0 saturated heterocycles. The molecule has 2 aromatic carbocycles. The van der Waals surface area contributed by atoms with Gasteiger partial charge in [0.25, 0.3) is 0 Å². The molecular formula is C23H26O5S. The molecule has 2 atom stereocenters. The first-order valence-electron chi connectivity index (χ1n) is 9.73. The Labute approximate surface area is 172 Å². The number of fused-ring (bicyclic) bond motifs is 1. The van der Waals surface area contributed by atoms with E-state index in [1.54, 1.807) is 20.3 Å². The van der Waals surface area contributed by atoms with Crippen molar-refractivity contribution in [2.45, 2.75) is 55.1 Å². The summed E-state index contributed by atoms with van der Waals surface area (Å²) in [5.74, 6) is 0.947. The first-order chi connectivity index (χ1) is 13.6. The van der Waals surface area contributed by atoms with Gasteiger partial charge in [-0.2, -0.15) is 0 Å². The van der Waals surface area contributed by atoms with Crippen molar-refractivity contribution in [3.63, 3.8) is 0 Å². The number of hydrogen-bond donors (Lipinski definition) is 0. The van der Waals surface area contributed by atoms with Gasteiger partial charge >= 0.3 is 0 Å². The van der Waals surface area contributed by atoms with E-state index in [0.29, 0.717) is 40.4 Å². The maximum absolute atomic E-state index is 13.9. The van der Waals surface area contributed by atoms with Crippen LogP contribution in [0.4, 0.5) is 0 Å². The van der Waals surface area contributed by atoms with Crippen molar-refractivity contribution in [3.8, 4) is 11.5 Å². The molecule has 2 aliphatic rings. The average molecular weight is 415 g/mol. The molecule has 2 saturated carbocycles. The molecular weight excluding hydrogens is 388 g/mol. The lowest BCUT2D eigenvalue weighted by atomic mass is 9.93. The average Bonchev–Trinajstić information content (AvgIpc) is 3.29. The van der Waals surface area contributed by atoms with Crippen LogP contribution < -0.4 is 9.47 Å². The zero-order valence-corrected chi connectivity index (χ0v) is 18.3. The summed E-state index contributed by atoms with van der Waals surface area (Å²) >= 11 is 0. The summed E-state index contributed by atoms with van der Waals surface area (Å²) in [6.07, 6.45) is 1.13. The molecule has 0 aromatic heterocycles. The molecule has 0 N–H and O–H groups in total. The van der Waals surface area contributed by atoms with Gasteiger partial charge < -0.3 is 9.47 Å². The molecule has 0 amide bonds. The van der Waals surface area contributed by atoms with E-state index in [2.05, 4.69) is 0 Å². The highest BCUT2D eigenvalue weighted by Gasteiger charge is 2.82. The number of aryl methyl sites for hydroxylation is 3. The fourth-order valence-corrected chi connectivity index (χ4v) is 8.33. The molecule has 0 radical (unpaired) electrons. The molecule has 154 valence electrons. The van der Waals surface area contributed by atoms with Crippen LogP contribution in [0, 0.1) is 20.8 Å². The van der Waals surface area contributed by atoms with E-state index in [1.165, 1.54) is 0 Å². The van der Waals surface area contributed by atoms with Gasteiger partial charge in [0, 0.05) is 11.8 Å². The molecule has 2 aliphatic carbocycles. The van der Waals surface area contributed by atoms with Gasteiger partial charge in [0.1, 0.15) is 4.75 Å². The predicted octanol–water partition coefficient (Wildman–Crippen LogP) is 3.85. The summed E-state index contributed by atoms with van der Waals surface area (Å²) in [6, 6.07) is 9.21. The van der Waals surface area contributed by atoms with E-state index in [0.717, 1.165) is 11.1 Å². The van der Waals surface area contributed by atoms with Crippen molar-refractivity contribution in [2.75, 3.05) is 14.2 Å². The SMILES string of the molecule is COc1ccc([C@]23CCC(=O)[C@@]2(S(=O)(=O)c2c(C)cc(C)cc2C)C3)cc1OC. The third-order valence-corrected chi connectivity index (χ3v) is 9.56. The highest BCUT2D eigenvalue weighted by molar-refractivity contribution is 7.94. The Kier molecular flexibility index (Phi) is 4.35. The molecule has 2 aromatic rings. The van der Waals surface area contributed by atoms with Crippen molar-refractivity contribution >= 4 is 15.6 Å². The van der Waals surface area contributed by atoms with Crippen LogP contribution in [0.2, 0.25) is 0 Å². The number of methoxy groups -OCH3 is 2. The number of ketones is 1. The summed E-state index contributed by atoms with van der Waals surface area (Å²) in [5.41, 5.74) is 2.53. The maximum Gasteiger partial charge on any atom is 0.192 e. The summed E-state index contributed by atoms with van der Waals surface area (Å²) < 4.78 is 37.2. The third kappa shape index (κ3) is 2.44. The number of Topliss-reactive ketones (excluding diaryl/α,β-unsaturated/α-hetero) is 1. The van der Waals surface area contributed by atoms with E-state index in [1.807, 2.05) is 45.0 Å². The molecule has 0 unspecified atom stereocenters. The van der Waals surface area contributed by atoms with E-state index in [4.69, 9.17) is 9.47 Å².